The first-order chi connectivity index (χ1) is 8.80. The molecule has 2 N–H and O–H groups in total. The van der Waals surface area contributed by atoms with Crippen molar-refractivity contribution in [1.82, 2.24) is 14.3 Å². The Morgan fingerprint density at radius 2 is 1.84 bits per heavy atom. The van der Waals surface area contributed by atoms with Crippen LogP contribution in [0.1, 0.15) is 13.8 Å². The maximum atomic E-state index is 12.3. The molecule has 0 aromatic carbocycles. The van der Waals surface area contributed by atoms with Gasteiger partial charge in [-0.3, -0.25) is 9.78 Å². The van der Waals surface area contributed by atoms with E-state index in [4.69, 9.17) is 4.74 Å². The summed E-state index contributed by atoms with van der Waals surface area (Å²) in [5.41, 5.74) is -1.66. The molecule has 0 saturated carbocycles. The van der Waals surface area contributed by atoms with Crippen molar-refractivity contribution in [2.45, 2.75) is 31.0 Å². The van der Waals surface area contributed by atoms with Crippen molar-refractivity contribution in [3.8, 4) is 0 Å². The minimum atomic E-state index is -3.94. The van der Waals surface area contributed by atoms with Crippen LogP contribution in [0.25, 0.3) is 0 Å². The fourth-order valence-corrected chi connectivity index (χ4v) is 3.64. The molecule has 106 valence electrons. The van der Waals surface area contributed by atoms with E-state index in [-0.39, 0.29) is 25.3 Å². The Bertz CT molecular complexity index is 667. The second-order valence-electron chi connectivity index (χ2n) is 4.52. The summed E-state index contributed by atoms with van der Waals surface area (Å²) in [4.78, 5) is 26.1. The molecule has 0 spiro atoms. The van der Waals surface area contributed by atoms with Gasteiger partial charge in [0.1, 0.15) is 0 Å². The molecule has 0 bridgehead atoms. The van der Waals surface area contributed by atoms with Crippen LogP contribution in [0.15, 0.2) is 20.7 Å². The monoisotopic (exact) mass is 289 g/mol. The van der Waals surface area contributed by atoms with Gasteiger partial charge in [-0.25, -0.2) is 13.2 Å². The van der Waals surface area contributed by atoms with Crippen molar-refractivity contribution in [2.24, 2.45) is 0 Å². The van der Waals surface area contributed by atoms with Crippen LogP contribution in [-0.2, 0) is 14.8 Å². The highest BCUT2D eigenvalue weighted by atomic mass is 32.2. The molecule has 19 heavy (non-hydrogen) atoms. The lowest BCUT2D eigenvalue weighted by Gasteiger charge is -2.34. The maximum Gasteiger partial charge on any atom is 0.325 e. The van der Waals surface area contributed by atoms with Gasteiger partial charge in [0.05, 0.1) is 12.2 Å². The summed E-state index contributed by atoms with van der Waals surface area (Å²) in [5.74, 6) is 0. The predicted octanol–water partition coefficient (Wildman–Crippen LogP) is -1.14. The lowest BCUT2D eigenvalue weighted by atomic mass is 10.3. The Labute approximate surface area is 109 Å². The third-order valence-electron chi connectivity index (χ3n) is 2.79. The summed E-state index contributed by atoms with van der Waals surface area (Å²) >= 11 is 0. The number of rotatable bonds is 2. The molecule has 0 amide bonds. The predicted molar refractivity (Wildman–Crippen MR) is 66.5 cm³/mol. The zero-order valence-corrected chi connectivity index (χ0v) is 11.4. The van der Waals surface area contributed by atoms with E-state index in [2.05, 4.69) is 4.98 Å². The van der Waals surface area contributed by atoms with Crippen molar-refractivity contribution in [2.75, 3.05) is 13.1 Å². The molecule has 1 fully saturated rings. The van der Waals surface area contributed by atoms with Crippen LogP contribution in [0, 0.1) is 0 Å². The van der Waals surface area contributed by atoms with E-state index >= 15 is 0 Å². The molecule has 0 aliphatic carbocycles. The van der Waals surface area contributed by atoms with Crippen molar-refractivity contribution in [3.63, 3.8) is 0 Å². The summed E-state index contributed by atoms with van der Waals surface area (Å²) in [5, 5.41) is 0. The van der Waals surface area contributed by atoms with E-state index in [1.54, 1.807) is 13.8 Å². The number of sulfonamides is 1. The molecule has 0 radical (unpaired) electrons. The molecule has 9 heteroatoms. The van der Waals surface area contributed by atoms with Crippen molar-refractivity contribution >= 4 is 10.0 Å². The molecule has 0 unspecified atom stereocenters. The topological polar surface area (TPSA) is 112 Å². The minimum Gasteiger partial charge on any atom is -0.373 e. The number of nitrogens with zero attached hydrogens (tertiary/aromatic N) is 1. The maximum absolute atomic E-state index is 12.3. The van der Waals surface area contributed by atoms with Gasteiger partial charge in [0, 0.05) is 19.3 Å². The zero-order valence-electron chi connectivity index (χ0n) is 10.5. The van der Waals surface area contributed by atoms with Crippen LogP contribution in [0.3, 0.4) is 0 Å². The van der Waals surface area contributed by atoms with E-state index in [9.17, 15) is 18.0 Å². The van der Waals surface area contributed by atoms with Gasteiger partial charge in [-0.2, -0.15) is 4.31 Å². The van der Waals surface area contributed by atoms with E-state index < -0.39 is 26.2 Å². The highest BCUT2D eigenvalue weighted by Gasteiger charge is 2.33. The lowest BCUT2D eigenvalue weighted by molar-refractivity contribution is -0.0441. The number of aromatic nitrogens is 2. The van der Waals surface area contributed by atoms with Crippen LogP contribution < -0.4 is 11.2 Å². The van der Waals surface area contributed by atoms with Crippen molar-refractivity contribution in [1.29, 1.82) is 0 Å². The highest BCUT2D eigenvalue weighted by molar-refractivity contribution is 7.89. The summed E-state index contributed by atoms with van der Waals surface area (Å²) in [6.07, 6.45) is 0.419. The first-order valence-electron chi connectivity index (χ1n) is 5.78. The lowest BCUT2D eigenvalue weighted by Crippen LogP contribution is -2.49. The Kier molecular flexibility index (Phi) is 3.61. The number of ether oxygens (including phenoxy) is 1. The third kappa shape index (κ3) is 2.77. The molecular formula is C10H15N3O5S. The molecule has 2 rings (SSSR count). The molecule has 1 aliphatic rings. The summed E-state index contributed by atoms with van der Waals surface area (Å²) in [7, 11) is -3.94. The first kappa shape index (κ1) is 14.0. The van der Waals surface area contributed by atoms with Gasteiger partial charge >= 0.3 is 5.69 Å². The number of hydrogen-bond acceptors (Lipinski definition) is 5. The highest BCUT2D eigenvalue weighted by Crippen LogP contribution is 2.18. The van der Waals surface area contributed by atoms with Gasteiger partial charge in [0.25, 0.3) is 5.56 Å². The van der Waals surface area contributed by atoms with Gasteiger partial charge in [0.15, 0.2) is 4.90 Å². The quantitative estimate of drug-likeness (QED) is 0.714. The SMILES string of the molecule is C[C@H]1CN(S(=O)(=O)c2c[nH]c(=O)[nH]c2=O)C[C@H](C)O1. The van der Waals surface area contributed by atoms with Crippen LogP contribution in [-0.4, -0.2) is 48.0 Å². The van der Waals surface area contributed by atoms with Crippen LogP contribution in [0.5, 0.6) is 0 Å². The number of H-pyrrole nitrogens is 2. The fourth-order valence-electron chi connectivity index (χ4n) is 2.06. The van der Waals surface area contributed by atoms with E-state index in [1.165, 1.54) is 4.31 Å². The Morgan fingerprint density at radius 3 is 2.37 bits per heavy atom. The Morgan fingerprint density at radius 1 is 1.26 bits per heavy atom. The van der Waals surface area contributed by atoms with E-state index in [1.807, 2.05) is 4.98 Å². The van der Waals surface area contributed by atoms with Gasteiger partial charge < -0.3 is 9.72 Å². The second-order valence-corrected chi connectivity index (χ2v) is 6.42. The van der Waals surface area contributed by atoms with Gasteiger partial charge in [-0.05, 0) is 13.8 Å². The number of morpholine rings is 1. The first-order valence-corrected chi connectivity index (χ1v) is 7.22. The summed E-state index contributed by atoms with van der Waals surface area (Å²) in [6, 6.07) is 0. The molecule has 1 aromatic rings. The average Bonchev–Trinajstić information content (AvgIpc) is 2.26. The summed E-state index contributed by atoms with van der Waals surface area (Å²) in [6.45, 7) is 3.86. The smallest absolute Gasteiger partial charge is 0.325 e. The standard InChI is InChI=1S/C10H15N3O5S/c1-6-4-13(5-7(2)18-6)19(16,17)8-3-11-10(15)12-9(8)14/h3,6-7H,4-5H2,1-2H3,(H2,11,12,14,15)/t6-,7-/m0/s1. The minimum absolute atomic E-state index is 0.172. The van der Waals surface area contributed by atoms with Gasteiger partial charge in [-0.1, -0.05) is 0 Å². The Balaban J connectivity index is 2.42. The molecule has 8 nitrogen and oxygen atoms in total. The third-order valence-corrected chi connectivity index (χ3v) is 4.63. The van der Waals surface area contributed by atoms with Crippen LogP contribution in [0.2, 0.25) is 0 Å². The zero-order chi connectivity index (χ0) is 14.2. The van der Waals surface area contributed by atoms with Crippen molar-refractivity contribution < 1.29 is 13.2 Å². The van der Waals surface area contributed by atoms with Gasteiger partial charge in [0.2, 0.25) is 10.0 Å². The molecular weight excluding hydrogens is 274 g/mol. The molecule has 1 saturated heterocycles. The van der Waals surface area contributed by atoms with Crippen molar-refractivity contribution in [3.05, 3.63) is 27.0 Å². The Hall–Kier alpha value is -1.45. The van der Waals surface area contributed by atoms with Gasteiger partial charge in [-0.15, -0.1) is 0 Å². The molecule has 1 aromatic heterocycles. The largest absolute Gasteiger partial charge is 0.373 e. The van der Waals surface area contributed by atoms with Crippen LogP contribution >= 0.6 is 0 Å². The molecule has 2 heterocycles. The van der Waals surface area contributed by atoms with Crippen LogP contribution in [0.4, 0.5) is 0 Å². The number of nitrogens with one attached hydrogen (secondary N) is 2. The normalized spacial score (nSPS) is 25.4. The fraction of sp³-hybridized carbons (Fsp3) is 0.600. The average molecular weight is 289 g/mol. The number of hydrogen-bond donors (Lipinski definition) is 2. The van der Waals surface area contributed by atoms with E-state index in [0.29, 0.717) is 0 Å². The number of aromatic amines is 2. The van der Waals surface area contributed by atoms with E-state index in [0.717, 1.165) is 6.20 Å². The summed E-state index contributed by atoms with van der Waals surface area (Å²) < 4.78 is 31.3. The molecule has 1 aliphatic heterocycles. The second kappa shape index (κ2) is 4.91. The molecule has 2 atom stereocenters.